The van der Waals surface area contributed by atoms with E-state index in [1.165, 1.54) is 10.1 Å². The molecule has 1 fully saturated rings. The SMILES string of the molecule is C=C(C)Cn1c(N2CCC(Cc3ccccc3)CC2)nc2c1c(=O)[nH]c(=O)n2C. The van der Waals surface area contributed by atoms with Crippen molar-refractivity contribution in [2.24, 2.45) is 13.0 Å². The van der Waals surface area contributed by atoms with Gasteiger partial charge in [0.05, 0.1) is 0 Å². The van der Waals surface area contributed by atoms with Gasteiger partial charge in [0.25, 0.3) is 5.56 Å². The van der Waals surface area contributed by atoms with E-state index in [1.54, 1.807) is 7.05 Å². The van der Waals surface area contributed by atoms with Gasteiger partial charge in [0, 0.05) is 26.7 Å². The molecular formula is C22H27N5O2. The zero-order valence-corrected chi connectivity index (χ0v) is 17.0. The number of hydrogen-bond donors (Lipinski definition) is 1. The van der Waals surface area contributed by atoms with Crippen molar-refractivity contribution in [3.63, 3.8) is 0 Å². The minimum Gasteiger partial charge on any atom is -0.342 e. The average Bonchev–Trinajstić information content (AvgIpc) is 3.07. The molecule has 152 valence electrons. The number of nitrogens with one attached hydrogen (secondary N) is 1. The van der Waals surface area contributed by atoms with Crippen molar-refractivity contribution in [1.82, 2.24) is 19.1 Å². The Hall–Kier alpha value is -3.09. The van der Waals surface area contributed by atoms with Crippen LogP contribution in [0.4, 0.5) is 5.95 Å². The maximum absolute atomic E-state index is 12.5. The lowest BCUT2D eigenvalue weighted by molar-refractivity contribution is 0.399. The second-order valence-electron chi connectivity index (χ2n) is 8.07. The standard InChI is InChI=1S/C22H27N5O2/c1-15(2)14-27-18-19(25(3)22(29)24-20(18)28)23-21(27)26-11-9-17(10-12-26)13-16-7-5-4-6-8-16/h4-8,17H,1,9-14H2,2-3H3,(H,24,28,29). The maximum Gasteiger partial charge on any atom is 0.329 e. The van der Waals surface area contributed by atoms with Crippen molar-refractivity contribution < 1.29 is 0 Å². The van der Waals surface area contributed by atoms with Crippen LogP contribution >= 0.6 is 0 Å². The molecule has 0 amide bonds. The molecule has 0 spiro atoms. The lowest BCUT2D eigenvalue weighted by Crippen LogP contribution is -2.36. The highest BCUT2D eigenvalue weighted by Crippen LogP contribution is 2.27. The fraction of sp³-hybridized carbons (Fsp3) is 0.409. The van der Waals surface area contributed by atoms with E-state index in [2.05, 4.69) is 40.7 Å². The molecule has 0 unspecified atom stereocenters. The third-order valence-corrected chi connectivity index (χ3v) is 5.68. The Morgan fingerprint density at radius 2 is 1.90 bits per heavy atom. The summed E-state index contributed by atoms with van der Waals surface area (Å²) in [5.41, 5.74) is 2.30. The predicted molar refractivity (Wildman–Crippen MR) is 115 cm³/mol. The van der Waals surface area contributed by atoms with Crippen LogP contribution in [0, 0.1) is 5.92 Å². The molecule has 0 aliphatic carbocycles. The van der Waals surface area contributed by atoms with Crippen molar-refractivity contribution in [2.75, 3.05) is 18.0 Å². The first-order chi connectivity index (χ1) is 13.9. The van der Waals surface area contributed by atoms with Crippen LogP contribution in [0.2, 0.25) is 0 Å². The number of hydrogen-bond acceptors (Lipinski definition) is 4. The molecule has 29 heavy (non-hydrogen) atoms. The minimum absolute atomic E-state index is 0.401. The molecule has 1 aliphatic rings. The smallest absolute Gasteiger partial charge is 0.329 e. The van der Waals surface area contributed by atoms with Crippen molar-refractivity contribution in [1.29, 1.82) is 0 Å². The highest BCUT2D eigenvalue weighted by molar-refractivity contribution is 5.74. The molecule has 1 saturated heterocycles. The van der Waals surface area contributed by atoms with Gasteiger partial charge in [-0.2, -0.15) is 4.98 Å². The molecule has 7 nitrogen and oxygen atoms in total. The Labute approximate surface area is 169 Å². The van der Waals surface area contributed by atoms with Gasteiger partial charge in [-0.25, -0.2) is 4.79 Å². The first kappa shape index (κ1) is 19.2. The van der Waals surface area contributed by atoms with E-state index < -0.39 is 11.2 Å². The summed E-state index contributed by atoms with van der Waals surface area (Å²) >= 11 is 0. The maximum atomic E-state index is 12.5. The number of aryl methyl sites for hydroxylation is 1. The number of H-pyrrole nitrogens is 1. The van der Waals surface area contributed by atoms with Gasteiger partial charge in [-0.15, -0.1) is 0 Å². The number of anilines is 1. The Morgan fingerprint density at radius 3 is 2.55 bits per heavy atom. The Bertz CT molecular complexity index is 1150. The van der Waals surface area contributed by atoms with Gasteiger partial charge in [-0.05, 0) is 37.7 Å². The van der Waals surface area contributed by atoms with Crippen molar-refractivity contribution in [3.05, 3.63) is 68.9 Å². The second-order valence-corrected chi connectivity index (χ2v) is 8.07. The van der Waals surface area contributed by atoms with Gasteiger partial charge in [0.1, 0.15) is 0 Å². The molecule has 0 atom stereocenters. The largest absolute Gasteiger partial charge is 0.342 e. The van der Waals surface area contributed by atoms with Gasteiger partial charge in [-0.1, -0.05) is 42.5 Å². The number of benzene rings is 1. The molecule has 1 N–H and O–H groups in total. The number of fused-ring (bicyclic) bond motifs is 1. The topological polar surface area (TPSA) is 75.9 Å². The highest BCUT2D eigenvalue weighted by Gasteiger charge is 2.25. The van der Waals surface area contributed by atoms with E-state index >= 15 is 0 Å². The zero-order valence-electron chi connectivity index (χ0n) is 17.0. The number of allylic oxidation sites excluding steroid dienone is 1. The first-order valence-corrected chi connectivity index (χ1v) is 10.1. The summed E-state index contributed by atoms with van der Waals surface area (Å²) in [6.45, 7) is 8.18. The lowest BCUT2D eigenvalue weighted by Gasteiger charge is -2.33. The van der Waals surface area contributed by atoms with Crippen molar-refractivity contribution >= 4 is 17.1 Å². The van der Waals surface area contributed by atoms with Crippen LogP contribution in [-0.2, 0) is 20.0 Å². The summed E-state index contributed by atoms with van der Waals surface area (Å²) in [5.74, 6) is 1.38. The molecule has 2 aromatic heterocycles. The van der Waals surface area contributed by atoms with Gasteiger partial charge < -0.3 is 9.47 Å². The first-order valence-electron chi connectivity index (χ1n) is 10.1. The Kier molecular flexibility index (Phi) is 5.13. The fourth-order valence-electron chi connectivity index (χ4n) is 4.17. The molecule has 3 aromatic rings. The number of aromatic amines is 1. The van der Waals surface area contributed by atoms with Crippen molar-refractivity contribution in [3.8, 4) is 0 Å². The Morgan fingerprint density at radius 1 is 1.21 bits per heavy atom. The third-order valence-electron chi connectivity index (χ3n) is 5.68. The van der Waals surface area contributed by atoms with Crippen LogP contribution in [0.1, 0.15) is 25.3 Å². The molecular weight excluding hydrogens is 366 g/mol. The number of piperidine rings is 1. The summed E-state index contributed by atoms with van der Waals surface area (Å²) in [6.07, 6.45) is 3.23. The minimum atomic E-state index is -0.449. The number of rotatable bonds is 5. The average molecular weight is 393 g/mol. The van der Waals surface area contributed by atoms with Gasteiger partial charge in [0.2, 0.25) is 5.95 Å². The van der Waals surface area contributed by atoms with Gasteiger partial charge in [-0.3, -0.25) is 14.3 Å². The van der Waals surface area contributed by atoms with E-state index in [0.717, 1.165) is 43.9 Å². The summed E-state index contributed by atoms with van der Waals surface area (Å²) in [7, 11) is 1.63. The number of nitrogens with zero attached hydrogens (tertiary/aromatic N) is 4. The Balaban J connectivity index is 1.63. The van der Waals surface area contributed by atoms with Crippen LogP contribution < -0.4 is 16.1 Å². The molecule has 1 aromatic carbocycles. The van der Waals surface area contributed by atoms with E-state index in [-0.39, 0.29) is 0 Å². The van der Waals surface area contributed by atoms with Crippen LogP contribution in [0.5, 0.6) is 0 Å². The van der Waals surface area contributed by atoms with E-state index in [4.69, 9.17) is 4.98 Å². The normalized spacial score (nSPS) is 15.2. The van der Waals surface area contributed by atoms with Crippen LogP contribution in [0.3, 0.4) is 0 Å². The summed E-state index contributed by atoms with van der Waals surface area (Å²) in [4.78, 5) is 33.9. The van der Waals surface area contributed by atoms with Crippen LogP contribution in [0.15, 0.2) is 52.1 Å². The second kappa shape index (κ2) is 7.73. The fourth-order valence-corrected chi connectivity index (χ4v) is 4.17. The van der Waals surface area contributed by atoms with Crippen molar-refractivity contribution in [2.45, 2.75) is 32.7 Å². The van der Waals surface area contributed by atoms with E-state index in [9.17, 15) is 9.59 Å². The van der Waals surface area contributed by atoms with Gasteiger partial charge in [0.15, 0.2) is 11.2 Å². The molecule has 0 saturated carbocycles. The highest BCUT2D eigenvalue weighted by atomic mass is 16.2. The summed E-state index contributed by atoms with van der Waals surface area (Å²) < 4.78 is 3.30. The zero-order chi connectivity index (χ0) is 20.5. The molecule has 0 radical (unpaired) electrons. The quantitative estimate of drug-likeness (QED) is 0.676. The lowest BCUT2D eigenvalue weighted by atomic mass is 9.90. The van der Waals surface area contributed by atoms with Crippen LogP contribution in [-0.4, -0.2) is 32.2 Å². The monoisotopic (exact) mass is 393 g/mol. The molecule has 3 heterocycles. The third kappa shape index (κ3) is 3.77. The number of aromatic nitrogens is 4. The predicted octanol–water partition coefficient (Wildman–Crippen LogP) is 2.46. The molecule has 1 aliphatic heterocycles. The summed E-state index contributed by atoms with van der Waals surface area (Å²) in [5, 5.41) is 0. The van der Waals surface area contributed by atoms with Crippen LogP contribution in [0.25, 0.3) is 11.2 Å². The molecule has 0 bridgehead atoms. The van der Waals surface area contributed by atoms with Gasteiger partial charge >= 0.3 is 5.69 Å². The summed E-state index contributed by atoms with van der Waals surface area (Å²) in [6, 6.07) is 10.6. The molecule has 7 heteroatoms. The molecule has 4 rings (SSSR count). The van der Waals surface area contributed by atoms with E-state index in [0.29, 0.717) is 23.6 Å². The number of imidazole rings is 1. The van der Waals surface area contributed by atoms with E-state index in [1.807, 2.05) is 17.6 Å².